The van der Waals surface area contributed by atoms with Gasteiger partial charge in [-0.15, -0.1) is 0 Å². The van der Waals surface area contributed by atoms with Crippen molar-refractivity contribution in [1.82, 2.24) is 5.32 Å². The van der Waals surface area contributed by atoms with Crippen molar-refractivity contribution < 1.29 is 4.42 Å². The first-order valence-corrected chi connectivity index (χ1v) is 5.44. The number of nitriles is 1. The first-order valence-electron chi connectivity index (χ1n) is 5.44. The second-order valence-electron chi connectivity index (χ2n) is 3.78. The molecule has 1 heterocycles. The van der Waals surface area contributed by atoms with Crippen LogP contribution in [-0.2, 0) is 6.42 Å². The Bertz CT molecular complexity index is 300. The molecular weight excluding hydrogens is 188 g/mol. The van der Waals surface area contributed by atoms with Crippen LogP contribution in [0.4, 0.5) is 0 Å². The van der Waals surface area contributed by atoms with Gasteiger partial charge in [0.1, 0.15) is 5.76 Å². The fourth-order valence-corrected chi connectivity index (χ4v) is 1.49. The summed E-state index contributed by atoms with van der Waals surface area (Å²) in [6.07, 6.45) is 4.45. The van der Waals surface area contributed by atoms with Gasteiger partial charge in [0.05, 0.1) is 18.4 Å². The molecular formula is C12H18N2O. The predicted molar refractivity (Wildman–Crippen MR) is 59.3 cm³/mol. The molecule has 3 heteroatoms. The van der Waals surface area contributed by atoms with Crippen molar-refractivity contribution in [2.24, 2.45) is 0 Å². The highest BCUT2D eigenvalue weighted by atomic mass is 16.3. The van der Waals surface area contributed by atoms with Crippen LogP contribution in [0.3, 0.4) is 0 Å². The van der Waals surface area contributed by atoms with Gasteiger partial charge in [-0.25, -0.2) is 0 Å². The molecule has 0 aliphatic heterocycles. The average Bonchev–Trinajstić information content (AvgIpc) is 2.75. The van der Waals surface area contributed by atoms with Gasteiger partial charge in [0.25, 0.3) is 0 Å². The van der Waals surface area contributed by atoms with E-state index in [0.29, 0.717) is 6.04 Å². The molecule has 0 aliphatic rings. The summed E-state index contributed by atoms with van der Waals surface area (Å²) in [5, 5.41) is 12.1. The molecule has 2 unspecified atom stereocenters. The van der Waals surface area contributed by atoms with Crippen molar-refractivity contribution in [3.8, 4) is 6.07 Å². The zero-order valence-corrected chi connectivity index (χ0v) is 9.36. The Balaban J connectivity index is 2.24. The van der Waals surface area contributed by atoms with Gasteiger partial charge in [-0.05, 0) is 31.9 Å². The molecule has 1 rings (SSSR count). The van der Waals surface area contributed by atoms with Gasteiger partial charge in [-0.2, -0.15) is 5.26 Å². The van der Waals surface area contributed by atoms with E-state index in [0.717, 1.165) is 25.0 Å². The summed E-state index contributed by atoms with van der Waals surface area (Å²) in [4.78, 5) is 0. The van der Waals surface area contributed by atoms with E-state index in [1.807, 2.05) is 19.1 Å². The summed E-state index contributed by atoms with van der Waals surface area (Å²) < 4.78 is 5.25. The summed E-state index contributed by atoms with van der Waals surface area (Å²) >= 11 is 0. The maximum absolute atomic E-state index is 8.80. The molecule has 82 valence electrons. The van der Waals surface area contributed by atoms with Crippen LogP contribution in [0, 0.1) is 11.3 Å². The largest absolute Gasteiger partial charge is 0.469 e. The van der Waals surface area contributed by atoms with Gasteiger partial charge in [0.15, 0.2) is 0 Å². The van der Waals surface area contributed by atoms with E-state index in [9.17, 15) is 0 Å². The Kier molecular flexibility index (Phi) is 4.92. The highest BCUT2D eigenvalue weighted by Crippen LogP contribution is 2.06. The molecule has 0 fully saturated rings. The lowest BCUT2D eigenvalue weighted by Gasteiger charge is -2.16. The van der Waals surface area contributed by atoms with E-state index in [1.165, 1.54) is 0 Å². The highest BCUT2D eigenvalue weighted by molar-refractivity contribution is 4.99. The number of rotatable bonds is 6. The molecule has 0 bridgehead atoms. The van der Waals surface area contributed by atoms with Gasteiger partial charge < -0.3 is 4.42 Å². The molecule has 0 saturated heterocycles. The van der Waals surface area contributed by atoms with Crippen molar-refractivity contribution in [2.75, 3.05) is 0 Å². The quantitative estimate of drug-likeness (QED) is 0.778. The molecule has 0 spiro atoms. The predicted octanol–water partition coefficient (Wildman–Crippen LogP) is 2.49. The lowest BCUT2D eigenvalue weighted by atomic mass is 10.1. The van der Waals surface area contributed by atoms with E-state index >= 15 is 0 Å². The van der Waals surface area contributed by atoms with E-state index < -0.39 is 0 Å². The third-order valence-corrected chi connectivity index (χ3v) is 2.45. The third kappa shape index (κ3) is 4.18. The first kappa shape index (κ1) is 11.8. The molecule has 1 aromatic rings. The van der Waals surface area contributed by atoms with Crippen LogP contribution < -0.4 is 5.32 Å². The summed E-state index contributed by atoms with van der Waals surface area (Å²) in [6, 6.07) is 6.44. The normalized spacial score (nSPS) is 14.5. The van der Waals surface area contributed by atoms with E-state index in [1.54, 1.807) is 6.26 Å². The molecule has 1 N–H and O–H groups in total. The number of furan rings is 1. The van der Waals surface area contributed by atoms with Crippen molar-refractivity contribution >= 4 is 0 Å². The fraction of sp³-hybridized carbons (Fsp3) is 0.583. The molecule has 0 aromatic carbocycles. The van der Waals surface area contributed by atoms with Crippen LogP contribution in [-0.4, -0.2) is 12.1 Å². The Morgan fingerprint density at radius 1 is 1.60 bits per heavy atom. The van der Waals surface area contributed by atoms with Crippen LogP contribution in [0.1, 0.15) is 32.4 Å². The Hall–Kier alpha value is -1.27. The molecule has 15 heavy (non-hydrogen) atoms. The molecule has 0 radical (unpaired) electrons. The number of aryl methyl sites for hydroxylation is 1. The first-order chi connectivity index (χ1) is 7.26. The average molecular weight is 206 g/mol. The number of hydrogen-bond acceptors (Lipinski definition) is 3. The topological polar surface area (TPSA) is 49.0 Å². The molecule has 0 amide bonds. The van der Waals surface area contributed by atoms with Gasteiger partial charge in [0.2, 0.25) is 0 Å². The van der Waals surface area contributed by atoms with Crippen LogP contribution in [0.15, 0.2) is 22.8 Å². The van der Waals surface area contributed by atoms with Crippen LogP contribution in [0.5, 0.6) is 0 Å². The minimum Gasteiger partial charge on any atom is -0.469 e. The van der Waals surface area contributed by atoms with Gasteiger partial charge >= 0.3 is 0 Å². The van der Waals surface area contributed by atoms with Crippen molar-refractivity contribution in [1.29, 1.82) is 5.26 Å². The molecule has 3 nitrogen and oxygen atoms in total. The number of nitrogens with zero attached hydrogens (tertiary/aromatic N) is 1. The summed E-state index contributed by atoms with van der Waals surface area (Å²) in [6.45, 7) is 4.11. The second kappa shape index (κ2) is 6.26. The van der Waals surface area contributed by atoms with Crippen LogP contribution in [0.2, 0.25) is 0 Å². The summed E-state index contributed by atoms with van der Waals surface area (Å²) in [7, 11) is 0. The fourth-order valence-electron chi connectivity index (χ4n) is 1.49. The lowest BCUT2D eigenvalue weighted by molar-refractivity contribution is 0.439. The second-order valence-corrected chi connectivity index (χ2v) is 3.78. The van der Waals surface area contributed by atoms with Crippen molar-refractivity contribution in [2.45, 2.75) is 45.2 Å². The van der Waals surface area contributed by atoms with Crippen LogP contribution in [0.25, 0.3) is 0 Å². The maximum atomic E-state index is 8.80. The smallest absolute Gasteiger partial charge is 0.103 e. The number of nitrogens with one attached hydrogen (secondary N) is 1. The molecule has 1 aromatic heterocycles. The van der Waals surface area contributed by atoms with Crippen molar-refractivity contribution in [3.05, 3.63) is 24.2 Å². The molecule has 0 aliphatic carbocycles. The lowest BCUT2D eigenvalue weighted by Crippen LogP contribution is -2.35. The zero-order chi connectivity index (χ0) is 11.1. The van der Waals surface area contributed by atoms with Crippen molar-refractivity contribution in [3.63, 3.8) is 0 Å². The number of hydrogen-bond donors (Lipinski definition) is 1. The van der Waals surface area contributed by atoms with Crippen LogP contribution >= 0.6 is 0 Å². The van der Waals surface area contributed by atoms with E-state index in [-0.39, 0.29) is 6.04 Å². The van der Waals surface area contributed by atoms with E-state index in [2.05, 4.69) is 18.3 Å². The Morgan fingerprint density at radius 3 is 2.93 bits per heavy atom. The molecule has 0 saturated carbocycles. The molecule has 2 atom stereocenters. The zero-order valence-electron chi connectivity index (χ0n) is 9.36. The van der Waals surface area contributed by atoms with E-state index in [4.69, 9.17) is 9.68 Å². The van der Waals surface area contributed by atoms with Gasteiger partial charge in [0, 0.05) is 12.5 Å². The monoisotopic (exact) mass is 206 g/mol. The minimum absolute atomic E-state index is 0.0309. The van der Waals surface area contributed by atoms with Gasteiger partial charge in [-0.3, -0.25) is 5.32 Å². The summed E-state index contributed by atoms with van der Waals surface area (Å²) in [5.74, 6) is 1.01. The SMILES string of the molecule is CCC(C#N)NC(C)CCc1ccco1. The Labute approximate surface area is 91.1 Å². The Morgan fingerprint density at radius 2 is 2.40 bits per heavy atom. The highest BCUT2D eigenvalue weighted by Gasteiger charge is 2.09. The standard InChI is InChI=1S/C12H18N2O/c1-3-11(9-13)14-10(2)6-7-12-5-4-8-15-12/h4-5,8,10-11,14H,3,6-7H2,1-2H3. The maximum Gasteiger partial charge on any atom is 0.103 e. The van der Waals surface area contributed by atoms with Gasteiger partial charge in [-0.1, -0.05) is 6.92 Å². The minimum atomic E-state index is -0.0309. The summed E-state index contributed by atoms with van der Waals surface area (Å²) in [5.41, 5.74) is 0. The third-order valence-electron chi connectivity index (χ3n) is 2.45.